The second kappa shape index (κ2) is 3.57. The molecule has 3 nitrogen and oxygen atoms in total. The number of hydrogen-bond acceptors (Lipinski definition) is 2. The van der Waals surface area contributed by atoms with E-state index >= 15 is 0 Å². The molecule has 3 aromatic rings. The Kier molecular flexibility index (Phi) is 2.16. The number of nitrogens with one attached hydrogen (secondary N) is 1. The summed E-state index contributed by atoms with van der Waals surface area (Å²) >= 11 is 6.27. The van der Waals surface area contributed by atoms with Crippen molar-refractivity contribution in [3.05, 3.63) is 51.4 Å². The van der Waals surface area contributed by atoms with Crippen molar-refractivity contribution in [2.45, 2.75) is 6.92 Å². The number of H-pyrrole nitrogens is 1. The smallest absolute Gasteiger partial charge is 0.259 e. The summed E-state index contributed by atoms with van der Waals surface area (Å²) in [6, 6.07) is 9.36. The normalized spacial score (nSPS) is 11.2. The Bertz CT molecular complexity index is 792. The Balaban J connectivity index is 2.64. The molecular formula is C13H9ClN2O. The van der Waals surface area contributed by atoms with Gasteiger partial charge in [-0.2, -0.15) is 0 Å². The highest BCUT2D eigenvalue weighted by Crippen LogP contribution is 2.27. The van der Waals surface area contributed by atoms with Crippen LogP contribution in [0.3, 0.4) is 0 Å². The first-order valence-electron chi connectivity index (χ1n) is 5.25. The third-order valence-corrected chi connectivity index (χ3v) is 3.14. The molecule has 0 bridgehead atoms. The Morgan fingerprint density at radius 2 is 2.00 bits per heavy atom. The molecule has 0 aliphatic heterocycles. The van der Waals surface area contributed by atoms with E-state index in [0.717, 1.165) is 16.6 Å². The van der Waals surface area contributed by atoms with Crippen LogP contribution in [0, 0.1) is 6.92 Å². The van der Waals surface area contributed by atoms with Gasteiger partial charge in [0.25, 0.3) is 5.56 Å². The molecule has 0 saturated heterocycles. The lowest BCUT2D eigenvalue weighted by atomic mass is 10.1. The van der Waals surface area contributed by atoms with Gasteiger partial charge in [0.2, 0.25) is 0 Å². The van der Waals surface area contributed by atoms with Crippen molar-refractivity contribution in [1.82, 2.24) is 9.97 Å². The fourth-order valence-electron chi connectivity index (χ4n) is 1.99. The van der Waals surface area contributed by atoms with Gasteiger partial charge in [0.15, 0.2) is 0 Å². The van der Waals surface area contributed by atoms with Crippen molar-refractivity contribution in [2.24, 2.45) is 0 Å². The summed E-state index contributed by atoms with van der Waals surface area (Å²) in [6.07, 6.45) is 0. The monoisotopic (exact) mass is 244 g/mol. The van der Waals surface area contributed by atoms with Gasteiger partial charge in [0.05, 0.1) is 21.4 Å². The number of para-hydroxylation sites is 1. The largest absolute Gasteiger partial charge is 0.326 e. The SMILES string of the molecule is Cc1cc2nc3ccccc3c(Cl)c2c(=O)[nH]1. The molecule has 1 N–H and O–H groups in total. The van der Waals surface area contributed by atoms with Crippen LogP contribution in [0.15, 0.2) is 35.1 Å². The standard InChI is InChI=1S/C13H9ClN2O/c1-7-6-10-11(13(17)15-7)12(14)8-4-2-3-5-9(8)16-10/h2-6H,1H3,(H,15,17). The molecule has 0 unspecified atom stereocenters. The molecule has 0 spiro atoms. The summed E-state index contributed by atoms with van der Waals surface area (Å²) in [5.74, 6) is 0. The number of rotatable bonds is 0. The predicted molar refractivity (Wildman–Crippen MR) is 69.6 cm³/mol. The zero-order chi connectivity index (χ0) is 12.0. The highest BCUT2D eigenvalue weighted by molar-refractivity contribution is 6.40. The van der Waals surface area contributed by atoms with Crippen molar-refractivity contribution in [3.8, 4) is 0 Å². The summed E-state index contributed by atoms with van der Waals surface area (Å²) < 4.78 is 0. The Hall–Kier alpha value is -1.87. The first-order chi connectivity index (χ1) is 8.16. The maximum absolute atomic E-state index is 11.9. The molecule has 0 amide bonds. The van der Waals surface area contributed by atoms with Crippen LogP contribution in [0.1, 0.15) is 5.69 Å². The molecule has 0 radical (unpaired) electrons. The van der Waals surface area contributed by atoms with Crippen LogP contribution in [0.25, 0.3) is 21.8 Å². The number of aromatic nitrogens is 2. The van der Waals surface area contributed by atoms with Crippen molar-refractivity contribution in [2.75, 3.05) is 0 Å². The third-order valence-electron chi connectivity index (χ3n) is 2.75. The van der Waals surface area contributed by atoms with E-state index in [-0.39, 0.29) is 5.56 Å². The number of nitrogens with zero attached hydrogens (tertiary/aromatic N) is 1. The molecule has 3 rings (SSSR count). The highest BCUT2D eigenvalue weighted by Gasteiger charge is 2.10. The number of aryl methyl sites for hydroxylation is 1. The summed E-state index contributed by atoms with van der Waals surface area (Å²) in [7, 11) is 0. The summed E-state index contributed by atoms with van der Waals surface area (Å²) in [5, 5.41) is 1.72. The van der Waals surface area contributed by atoms with E-state index in [4.69, 9.17) is 11.6 Å². The van der Waals surface area contributed by atoms with E-state index in [0.29, 0.717) is 15.9 Å². The van der Waals surface area contributed by atoms with Crippen LogP contribution >= 0.6 is 11.6 Å². The molecule has 0 fully saturated rings. The number of aromatic amines is 1. The minimum atomic E-state index is -0.191. The average Bonchev–Trinajstić information content (AvgIpc) is 2.28. The molecular weight excluding hydrogens is 236 g/mol. The van der Waals surface area contributed by atoms with Gasteiger partial charge in [-0.3, -0.25) is 4.79 Å². The quantitative estimate of drug-likeness (QED) is 0.618. The number of fused-ring (bicyclic) bond motifs is 2. The molecule has 17 heavy (non-hydrogen) atoms. The maximum atomic E-state index is 11.9. The van der Waals surface area contributed by atoms with E-state index < -0.39 is 0 Å². The van der Waals surface area contributed by atoms with Gasteiger partial charge < -0.3 is 4.98 Å². The van der Waals surface area contributed by atoms with Crippen LogP contribution < -0.4 is 5.56 Å². The minimum Gasteiger partial charge on any atom is -0.326 e. The summed E-state index contributed by atoms with van der Waals surface area (Å²) in [5.41, 5.74) is 2.02. The van der Waals surface area contributed by atoms with Crippen LogP contribution in [0.2, 0.25) is 5.02 Å². The highest BCUT2D eigenvalue weighted by atomic mass is 35.5. The van der Waals surface area contributed by atoms with Gasteiger partial charge in [-0.15, -0.1) is 0 Å². The number of pyridine rings is 2. The van der Waals surface area contributed by atoms with Gasteiger partial charge in [0, 0.05) is 11.1 Å². The first-order valence-corrected chi connectivity index (χ1v) is 5.62. The van der Waals surface area contributed by atoms with Gasteiger partial charge in [-0.05, 0) is 19.1 Å². The fourth-order valence-corrected chi connectivity index (χ4v) is 2.34. The second-order valence-corrected chi connectivity index (χ2v) is 4.36. The lowest BCUT2D eigenvalue weighted by Gasteiger charge is -2.05. The average molecular weight is 245 g/mol. The van der Waals surface area contributed by atoms with Crippen molar-refractivity contribution < 1.29 is 0 Å². The van der Waals surface area contributed by atoms with E-state index in [2.05, 4.69) is 9.97 Å². The second-order valence-electron chi connectivity index (χ2n) is 3.98. The van der Waals surface area contributed by atoms with Crippen LogP contribution in [-0.2, 0) is 0 Å². The molecule has 0 aliphatic rings. The van der Waals surface area contributed by atoms with Crippen molar-refractivity contribution in [3.63, 3.8) is 0 Å². The summed E-state index contributed by atoms with van der Waals surface area (Å²) in [4.78, 5) is 19.1. The first kappa shape index (κ1) is 10.3. The van der Waals surface area contributed by atoms with E-state index in [1.165, 1.54) is 0 Å². The number of benzene rings is 1. The van der Waals surface area contributed by atoms with Gasteiger partial charge >= 0.3 is 0 Å². The molecule has 1 aromatic carbocycles. The molecule has 2 aromatic heterocycles. The maximum Gasteiger partial charge on any atom is 0.259 e. The lowest BCUT2D eigenvalue weighted by Crippen LogP contribution is -2.08. The zero-order valence-electron chi connectivity index (χ0n) is 9.12. The Labute approximate surface area is 102 Å². The topological polar surface area (TPSA) is 45.8 Å². The number of halogens is 1. The Morgan fingerprint density at radius 1 is 1.24 bits per heavy atom. The van der Waals surface area contributed by atoms with E-state index in [1.807, 2.05) is 37.3 Å². The molecule has 84 valence electrons. The number of hydrogen-bond donors (Lipinski definition) is 1. The van der Waals surface area contributed by atoms with Crippen molar-refractivity contribution >= 4 is 33.4 Å². The van der Waals surface area contributed by atoms with Crippen molar-refractivity contribution in [1.29, 1.82) is 0 Å². The van der Waals surface area contributed by atoms with Crippen LogP contribution in [0.4, 0.5) is 0 Å². The fraction of sp³-hybridized carbons (Fsp3) is 0.0769. The van der Waals surface area contributed by atoms with E-state index in [1.54, 1.807) is 0 Å². The third kappa shape index (κ3) is 1.51. The van der Waals surface area contributed by atoms with Gasteiger partial charge in [-0.1, -0.05) is 29.8 Å². The minimum absolute atomic E-state index is 0.191. The van der Waals surface area contributed by atoms with Crippen LogP contribution in [-0.4, -0.2) is 9.97 Å². The summed E-state index contributed by atoms with van der Waals surface area (Å²) in [6.45, 7) is 1.83. The van der Waals surface area contributed by atoms with Gasteiger partial charge in [0.1, 0.15) is 0 Å². The molecule has 0 aliphatic carbocycles. The zero-order valence-corrected chi connectivity index (χ0v) is 9.88. The molecule has 2 heterocycles. The van der Waals surface area contributed by atoms with Crippen LogP contribution in [0.5, 0.6) is 0 Å². The van der Waals surface area contributed by atoms with E-state index in [9.17, 15) is 4.79 Å². The molecule has 0 atom stereocenters. The predicted octanol–water partition coefficient (Wildman–Crippen LogP) is 3.04. The Morgan fingerprint density at radius 3 is 2.82 bits per heavy atom. The molecule has 0 saturated carbocycles. The molecule has 4 heteroatoms. The van der Waals surface area contributed by atoms with Gasteiger partial charge in [-0.25, -0.2) is 4.98 Å². The lowest BCUT2D eigenvalue weighted by molar-refractivity contribution is 1.16.